The van der Waals surface area contributed by atoms with Crippen molar-refractivity contribution in [1.82, 2.24) is 9.88 Å². The third kappa shape index (κ3) is 2.84. The number of nitrogens with two attached hydrogens (primary N) is 1. The van der Waals surface area contributed by atoms with Crippen molar-refractivity contribution in [3.8, 4) is 5.75 Å². The average molecular weight is 313 g/mol. The lowest BCUT2D eigenvalue weighted by Crippen LogP contribution is -2.32. The number of amides is 2. The van der Waals surface area contributed by atoms with Gasteiger partial charge in [0.25, 0.3) is 5.91 Å². The third-order valence-electron chi connectivity index (χ3n) is 4.32. The summed E-state index contributed by atoms with van der Waals surface area (Å²) < 4.78 is 5.20. The highest BCUT2D eigenvalue weighted by molar-refractivity contribution is 5.99. The van der Waals surface area contributed by atoms with E-state index in [1.807, 2.05) is 31.2 Å². The van der Waals surface area contributed by atoms with Gasteiger partial charge in [-0.15, -0.1) is 0 Å². The van der Waals surface area contributed by atoms with E-state index in [1.54, 1.807) is 12.0 Å². The van der Waals surface area contributed by atoms with E-state index in [1.165, 1.54) is 0 Å². The number of fused-ring (bicyclic) bond motifs is 1. The number of pyridine rings is 1. The molecule has 1 atom stereocenters. The zero-order chi connectivity index (χ0) is 16.6. The van der Waals surface area contributed by atoms with Gasteiger partial charge in [0.15, 0.2) is 0 Å². The van der Waals surface area contributed by atoms with Crippen molar-refractivity contribution in [3.63, 3.8) is 0 Å². The van der Waals surface area contributed by atoms with E-state index in [4.69, 9.17) is 10.5 Å². The standard InChI is InChI=1S/C17H19N3O3/c1-10-14(17(22)20-6-5-12(9-20)16(18)21)7-11-3-4-13(23-2)8-15(11)19-10/h3-4,7-8,12H,5-6,9H2,1-2H3,(H2,18,21)/t12-/m1/s1. The van der Waals surface area contributed by atoms with Crippen LogP contribution >= 0.6 is 0 Å². The first kappa shape index (κ1) is 15.3. The van der Waals surface area contributed by atoms with Crippen molar-refractivity contribution in [2.75, 3.05) is 20.2 Å². The van der Waals surface area contributed by atoms with Gasteiger partial charge >= 0.3 is 0 Å². The van der Waals surface area contributed by atoms with E-state index in [-0.39, 0.29) is 17.7 Å². The SMILES string of the molecule is COc1ccc2cc(C(=O)N3CC[C@@H](C(N)=O)C3)c(C)nc2c1. The fraction of sp³-hybridized carbons (Fsp3) is 0.353. The topological polar surface area (TPSA) is 85.5 Å². The Morgan fingerprint density at radius 1 is 1.35 bits per heavy atom. The molecule has 1 aromatic heterocycles. The molecular weight excluding hydrogens is 294 g/mol. The Morgan fingerprint density at radius 2 is 2.13 bits per heavy atom. The first-order valence-electron chi connectivity index (χ1n) is 7.53. The number of nitrogens with zero attached hydrogens (tertiary/aromatic N) is 2. The summed E-state index contributed by atoms with van der Waals surface area (Å²) in [5.41, 5.74) is 7.34. The first-order valence-corrected chi connectivity index (χ1v) is 7.53. The summed E-state index contributed by atoms with van der Waals surface area (Å²) in [4.78, 5) is 30.2. The Kier molecular flexibility index (Phi) is 3.90. The number of carbonyl (C=O) groups is 2. The van der Waals surface area contributed by atoms with Crippen LogP contribution < -0.4 is 10.5 Å². The Morgan fingerprint density at radius 3 is 2.78 bits per heavy atom. The number of hydrogen-bond donors (Lipinski definition) is 1. The van der Waals surface area contributed by atoms with Crippen molar-refractivity contribution < 1.29 is 14.3 Å². The molecule has 6 heteroatoms. The Hall–Kier alpha value is -2.63. The molecule has 1 aromatic carbocycles. The lowest BCUT2D eigenvalue weighted by Gasteiger charge is -2.17. The van der Waals surface area contributed by atoms with Gasteiger partial charge in [0.1, 0.15) is 5.75 Å². The zero-order valence-electron chi connectivity index (χ0n) is 13.2. The molecule has 2 aromatic rings. The van der Waals surface area contributed by atoms with E-state index in [2.05, 4.69) is 4.98 Å². The summed E-state index contributed by atoms with van der Waals surface area (Å²) in [5.74, 6) is 0.0291. The molecule has 2 amide bonds. The number of methoxy groups -OCH3 is 1. The van der Waals surface area contributed by atoms with E-state index in [9.17, 15) is 9.59 Å². The van der Waals surface area contributed by atoms with Gasteiger partial charge in [-0.2, -0.15) is 0 Å². The van der Waals surface area contributed by atoms with Gasteiger partial charge in [-0.05, 0) is 31.5 Å². The molecule has 23 heavy (non-hydrogen) atoms. The number of hydrogen-bond acceptors (Lipinski definition) is 4. The summed E-state index contributed by atoms with van der Waals surface area (Å²) in [6.45, 7) is 2.74. The molecule has 3 rings (SSSR count). The number of likely N-dealkylation sites (tertiary alicyclic amines) is 1. The molecule has 2 heterocycles. The van der Waals surface area contributed by atoms with Crippen molar-refractivity contribution in [1.29, 1.82) is 0 Å². The second-order valence-corrected chi connectivity index (χ2v) is 5.82. The van der Waals surface area contributed by atoms with Crippen LogP contribution in [0.1, 0.15) is 22.5 Å². The fourth-order valence-electron chi connectivity index (χ4n) is 2.93. The van der Waals surface area contributed by atoms with E-state index < -0.39 is 0 Å². The van der Waals surface area contributed by atoms with Crippen LogP contribution in [0.15, 0.2) is 24.3 Å². The van der Waals surface area contributed by atoms with Crippen LogP contribution in [-0.4, -0.2) is 41.9 Å². The Balaban J connectivity index is 1.92. The number of ether oxygens (including phenoxy) is 1. The monoisotopic (exact) mass is 313 g/mol. The lowest BCUT2D eigenvalue weighted by atomic mass is 10.1. The highest BCUT2D eigenvalue weighted by atomic mass is 16.5. The van der Waals surface area contributed by atoms with Crippen LogP contribution in [-0.2, 0) is 4.79 Å². The maximum Gasteiger partial charge on any atom is 0.255 e. The van der Waals surface area contributed by atoms with Crippen molar-refractivity contribution >= 4 is 22.7 Å². The molecule has 0 saturated carbocycles. The van der Waals surface area contributed by atoms with E-state index in [0.717, 1.165) is 16.7 Å². The van der Waals surface area contributed by atoms with Gasteiger partial charge in [0.05, 0.1) is 29.8 Å². The van der Waals surface area contributed by atoms with Gasteiger partial charge in [0.2, 0.25) is 5.91 Å². The zero-order valence-corrected chi connectivity index (χ0v) is 13.2. The molecule has 0 bridgehead atoms. The minimum Gasteiger partial charge on any atom is -0.497 e. The maximum absolute atomic E-state index is 12.7. The molecule has 0 unspecified atom stereocenters. The summed E-state index contributed by atoms with van der Waals surface area (Å²) in [7, 11) is 1.61. The lowest BCUT2D eigenvalue weighted by molar-refractivity contribution is -0.121. The quantitative estimate of drug-likeness (QED) is 0.930. The van der Waals surface area contributed by atoms with Gasteiger partial charge < -0.3 is 15.4 Å². The fourth-order valence-corrected chi connectivity index (χ4v) is 2.93. The van der Waals surface area contributed by atoms with Crippen LogP contribution in [0.3, 0.4) is 0 Å². The number of carbonyl (C=O) groups excluding carboxylic acids is 2. The molecule has 0 aliphatic carbocycles. The van der Waals surface area contributed by atoms with Crippen LogP contribution in [0.2, 0.25) is 0 Å². The average Bonchev–Trinajstić information content (AvgIpc) is 3.03. The third-order valence-corrected chi connectivity index (χ3v) is 4.32. The molecular formula is C17H19N3O3. The minimum absolute atomic E-state index is 0.100. The summed E-state index contributed by atoms with van der Waals surface area (Å²) >= 11 is 0. The number of aromatic nitrogens is 1. The summed E-state index contributed by atoms with van der Waals surface area (Å²) in [6.07, 6.45) is 0.623. The number of primary amides is 1. The number of aryl methyl sites for hydroxylation is 1. The second-order valence-electron chi connectivity index (χ2n) is 5.82. The first-order chi connectivity index (χ1) is 11.0. The number of rotatable bonds is 3. The number of benzene rings is 1. The molecule has 0 spiro atoms. The van der Waals surface area contributed by atoms with Crippen molar-refractivity contribution in [2.45, 2.75) is 13.3 Å². The maximum atomic E-state index is 12.7. The van der Waals surface area contributed by atoms with Crippen LogP contribution in [0.4, 0.5) is 0 Å². The van der Waals surface area contributed by atoms with Crippen LogP contribution in [0, 0.1) is 12.8 Å². The summed E-state index contributed by atoms with van der Waals surface area (Å²) in [5, 5.41) is 0.880. The molecule has 0 radical (unpaired) electrons. The molecule has 1 saturated heterocycles. The normalized spacial score (nSPS) is 17.5. The summed E-state index contributed by atoms with van der Waals surface area (Å²) in [6, 6.07) is 7.41. The van der Waals surface area contributed by atoms with Gasteiger partial charge in [-0.1, -0.05) is 0 Å². The second kappa shape index (κ2) is 5.87. The molecule has 2 N–H and O–H groups in total. The molecule has 1 fully saturated rings. The Bertz CT molecular complexity index is 788. The van der Waals surface area contributed by atoms with Crippen molar-refractivity contribution in [3.05, 3.63) is 35.5 Å². The molecule has 120 valence electrons. The Labute approximate surface area is 134 Å². The van der Waals surface area contributed by atoms with Gasteiger partial charge in [-0.3, -0.25) is 14.6 Å². The predicted molar refractivity (Wildman–Crippen MR) is 86.2 cm³/mol. The molecule has 6 nitrogen and oxygen atoms in total. The van der Waals surface area contributed by atoms with Crippen LogP contribution in [0.25, 0.3) is 10.9 Å². The molecule has 1 aliphatic rings. The molecule has 1 aliphatic heterocycles. The van der Waals surface area contributed by atoms with Crippen LogP contribution in [0.5, 0.6) is 5.75 Å². The largest absolute Gasteiger partial charge is 0.497 e. The minimum atomic E-state index is -0.347. The highest BCUT2D eigenvalue weighted by Crippen LogP contribution is 2.24. The smallest absolute Gasteiger partial charge is 0.255 e. The highest BCUT2D eigenvalue weighted by Gasteiger charge is 2.31. The van der Waals surface area contributed by atoms with E-state index >= 15 is 0 Å². The van der Waals surface area contributed by atoms with Gasteiger partial charge in [-0.25, -0.2) is 0 Å². The predicted octanol–water partition coefficient (Wildman–Crippen LogP) is 1.50. The van der Waals surface area contributed by atoms with E-state index in [0.29, 0.717) is 30.8 Å². The van der Waals surface area contributed by atoms with Gasteiger partial charge in [0, 0.05) is 24.5 Å². The van der Waals surface area contributed by atoms with Crippen molar-refractivity contribution in [2.24, 2.45) is 11.7 Å².